The number of hydrogen-bond acceptors (Lipinski definition) is 4. The summed E-state index contributed by atoms with van der Waals surface area (Å²) >= 11 is 6.12. The van der Waals surface area contributed by atoms with E-state index < -0.39 is 5.82 Å². The number of nitrogen functional groups attached to an aromatic ring is 1. The minimum absolute atomic E-state index is 0. The van der Waals surface area contributed by atoms with Crippen molar-refractivity contribution in [1.29, 1.82) is 0 Å². The average molecular weight is 408 g/mol. The Bertz CT molecular complexity index is 1040. The number of rotatable bonds is 1. The van der Waals surface area contributed by atoms with Crippen LogP contribution in [0.5, 0.6) is 0 Å². The van der Waals surface area contributed by atoms with Gasteiger partial charge in [-0.3, -0.25) is 9.48 Å². The lowest BCUT2D eigenvalue weighted by Crippen LogP contribution is -2.30. The van der Waals surface area contributed by atoms with Gasteiger partial charge in [0, 0.05) is 23.2 Å². The van der Waals surface area contributed by atoms with Gasteiger partial charge in [0.05, 0.1) is 29.8 Å². The summed E-state index contributed by atoms with van der Waals surface area (Å²) in [6, 6.07) is 9.25. The molecule has 0 radical (unpaired) electrons. The van der Waals surface area contributed by atoms with Crippen LogP contribution in [-0.2, 0) is 13.6 Å². The van der Waals surface area contributed by atoms with Crippen LogP contribution in [0.1, 0.15) is 15.9 Å². The number of halogens is 3. The van der Waals surface area contributed by atoms with Gasteiger partial charge in [-0.1, -0.05) is 11.6 Å². The van der Waals surface area contributed by atoms with E-state index in [1.807, 2.05) is 7.05 Å². The molecule has 4 rings (SSSR count). The summed E-state index contributed by atoms with van der Waals surface area (Å²) in [5.41, 5.74) is 7.88. The van der Waals surface area contributed by atoms with Crippen molar-refractivity contribution in [2.45, 2.75) is 6.54 Å². The third-order valence-corrected chi connectivity index (χ3v) is 4.57. The van der Waals surface area contributed by atoms with Gasteiger partial charge < -0.3 is 16.0 Å². The second-order valence-corrected chi connectivity index (χ2v) is 6.49. The minimum Gasteiger partial charge on any atom is -0.396 e. The summed E-state index contributed by atoms with van der Waals surface area (Å²) < 4.78 is 15.5. The molecule has 1 aliphatic rings. The van der Waals surface area contributed by atoms with Crippen LogP contribution >= 0.6 is 24.0 Å². The topological polar surface area (TPSA) is 76.2 Å². The van der Waals surface area contributed by atoms with Gasteiger partial charge in [0.15, 0.2) is 0 Å². The molecule has 2 aromatic carbocycles. The van der Waals surface area contributed by atoms with Crippen LogP contribution < -0.4 is 16.0 Å². The third kappa shape index (κ3) is 3.31. The molecular weight excluding hydrogens is 392 g/mol. The summed E-state index contributed by atoms with van der Waals surface area (Å²) in [5.74, 6) is -0.194. The fourth-order valence-electron chi connectivity index (χ4n) is 2.98. The van der Waals surface area contributed by atoms with Gasteiger partial charge in [-0.25, -0.2) is 4.39 Å². The number of carbonyl (C=O) groups is 1. The van der Waals surface area contributed by atoms with Gasteiger partial charge in [-0.15, -0.1) is 12.4 Å². The number of carbonyl (C=O) groups excluding carboxylic acids is 1. The Balaban J connectivity index is 0.00000210. The second kappa shape index (κ2) is 7.09. The number of nitrogens with one attached hydrogen (secondary N) is 1. The predicted octanol–water partition coefficient (Wildman–Crippen LogP) is 4.12. The van der Waals surface area contributed by atoms with E-state index in [9.17, 15) is 9.18 Å². The maximum Gasteiger partial charge on any atom is 0.258 e. The number of aryl methyl sites for hydroxylation is 1. The number of benzene rings is 2. The maximum atomic E-state index is 13.8. The van der Waals surface area contributed by atoms with Crippen LogP contribution in [0.3, 0.4) is 0 Å². The molecule has 3 N–H and O–H groups in total. The Kier molecular flexibility index (Phi) is 4.99. The number of amides is 1. The van der Waals surface area contributed by atoms with Crippen molar-refractivity contribution < 1.29 is 9.18 Å². The average Bonchev–Trinajstić information content (AvgIpc) is 2.86. The van der Waals surface area contributed by atoms with E-state index in [1.54, 1.807) is 34.0 Å². The molecule has 0 atom stereocenters. The van der Waals surface area contributed by atoms with E-state index in [4.69, 9.17) is 17.3 Å². The minimum atomic E-state index is -0.623. The monoisotopic (exact) mass is 407 g/mol. The molecule has 1 amide bonds. The number of anilines is 4. The fourth-order valence-corrected chi connectivity index (χ4v) is 3.16. The molecule has 9 heteroatoms. The largest absolute Gasteiger partial charge is 0.396 e. The van der Waals surface area contributed by atoms with Crippen molar-refractivity contribution >= 4 is 52.8 Å². The zero-order chi connectivity index (χ0) is 18.4. The summed E-state index contributed by atoms with van der Waals surface area (Å²) in [5, 5.41) is 8.05. The highest BCUT2D eigenvalue weighted by molar-refractivity contribution is 6.31. The van der Waals surface area contributed by atoms with E-state index in [0.717, 1.165) is 17.4 Å². The molecule has 1 aromatic heterocycles. The first-order valence-electron chi connectivity index (χ1n) is 7.88. The predicted molar refractivity (Wildman–Crippen MR) is 107 cm³/mol. The lowest BCUT2D eigenvalue weighted by Gasteiger charge is -2.23. The van der Waals surface area contributed by atoms with E-state index >= 15 is 0 Å². The van der Waals surface area contributed by atoms with Gasteiger partial charge in [-0.2, -0.15) is 5.10 Å². The van der Waals surface area contributed by atoms with Crippen molar-refractivity contribution in [1.82, 2.24) is 9.78 Å². The Hall–Kier alpha value is -2.77. The van der Waals surface area contributed by atoms with Crippen LogP contribution in [0.4, 0.5) is 27.3 Å². The van der Waals surface area contributed by atoms with Crippen LogP contribution in [0.15, 0.2) is 42.6 Å². The van der Waals surface area contributed by atoms with Crippen molar-refractivity contribution in [2.24, 2.45) is 7.05 Å². The second-order valence-electron chi connectivity index (χ2n) is 6.06. The van der Waals surface area contributed by atoms with Gasteiger partial charge in [-0.05, 0) is 36.4 Å². The van der Waals surface area contributed by atoms with Crippen molar-refractivity contribution in [3.8, 4) is 0 Å². The highest BCUT2D eigenvalue weighted by Gasteiger charge is 2.27. The molecule has 0 saturated carbocycles. The highest BCUT2D eigenvalue weighted by Crippen LogP contribution is 2.37. The lowest BCUT2D eigenvalue weighted by atomic mass is 10.1. The zero-order valence-corrected chi connectivity index (χ0v) is 15.8. The number of fused-ring (bicyclic) bond motifs is 2. The summed E-state index contributed by atoms with van der Waals surface area (Å²) in [7, 11) is 1.81. The van der Waals surface area contributed by atoms with Crippen molar-refractivity contribution in [3.63, 3.8) is 0 Å². The first-order valence-corrected chi connectivity index (χ1v) is 8.26. The van der Waals surface area contributed by atoms with E-state index in [-0.39, 0.29) is 36.1 Å². The van der Waals surface area contributed by atoms with Gasteiger partial charge in [0.1, 0.15) is 11.6 Å². The van der Waals surface area contributed by atoms with Crippen LogP contribution in [0.2, 0.25) is 5.02 Å². The molecular formula is C18H16Cl2FN5O. The number of aromatic nitrogens is 2. The normalized spacial score (nSPS) is 12.3. The van der Waals surface area contributed by atoms with Gasteiger partial charge in [0.2, 0.25) is 0 Å². The first-order chi connectivity index (χ1) is 12.4. The molecule has 27 heavy (non-hydrogen) atoms. The van der Waals surface area contributed by atoms with E-state index in [1.165, 1.54) is 12.1 Å². The van der Waals surface area contributed by atoms with E-state index in [2.05, 4.69) is 10.4 Å². The third-order valence-electron chi connectivity index (χ3n) is 4.34. The zero-order valence-electron chi connectivity index (χ0n) is 14.2. The Morgan fingerprint density at radius 2 is 2.07 bits per heavy atom. The fraction of sp³-hybridized carbons (Fsp3) is 0.111. The molecule has 3 aromatic rings. The van der Waals surface area contributed by atoms with Crippen LogP contribution in [0, 0.1) is 5.82 Å². The molecule has 0 unspecified atom stereocenters. The summed E-state index contributed by atoms with van der Waals surface area (Å²) in [6.07, 6.45) is 1.69. The Labute approximate surface area is 166 Å². The Morgan fingerprint density at radius 3 is 2.81 bits per heavy atom. The number of nitrogens with two attached hydrogens (primary N) is 1. The molecule has 0 aliphatic carbocycles. The maximum absolute atomic E-state index is 13.8. The van der Waals surface area contributed by atoms with Crippen molar-refractivity contribution in [3.05, 3.63) is 64.6 Å². The SMILES string of the molecule is Cl.Cn1ncc2c1Nc1cc(Cl)ccc1N(C(=O)c1ccc(N)c(F)c1)C2. The molecule has 6 nitrogen and oxygen atoms in total. The highest BCUT2D eigenvalue weighted by atomic mass is 35.5. The van der Waals surface area contributed by atoms with Crippen LogP contribution in [0.25, 0.3) is 0 Å². The molecule has 0 fully saturated rings. The molecule has 0 spiro atoms. The molecule has 2 heterocycles. The van der Waals surface area contributed by atoms with Gasteiger partial charge >= 0.3 is 0 Å². The van der Waals surface area contributed by atoms with Crippen molar-refractivity contribution in [2.75, 3.05) is 16.0 Å². The summed E-state index contributed by atoms with van der Waals surface area (Å²) in [6.45, 7) is 0.287. The van der Waals surface area contributed by atoms with Crippen LogP contribution in [-0.4, -0.2) is 15.7 Å². The quantitative estimate of drug-likeness (QED) is 0.594. The smallest absolute Gasteiger partial charge is 0.258 e. The molecule has 1 aliphatic heterocycles. The Morgan fingerprint density at radius 1 is 1.30 bits per heavy atom. The number of hydrogen-bond donors (Lipinski definition) is 2. The lowest BCUT2D eigenvalue weighted by molar-refractivity contribution is 0.0985. The first kappa shape index (κ1) is 19.0. The molecule has 0 bridgehead atoms. The molecule has 140 valence electrons. The van der Waals surface area contributed by atoms with E-state index in [0.29, 0.717) is 16.4 Å². The summed E-state index contributed by atoms with van der Waals surface area (Å²) in [4.78, 5) is 14.7. The molecule has 0 saturated heterocycles. The standard InChI is InChI=1S/C18H15ClFN5O.ClH/c1-24-17-11(8-22-24)9-25(16-5-3-12(19)7-15(16)23-17)18(26)10-2-4-14(21)13(20)6-10;/h2-8,23H,9,21H2,1H3;1H. The van der Waals surface area contributed by atoms with Gasteiger partial charge in [0.25, 0.3) is 5.91 Å². The number of nitrogens with zero attached hydrogens (tertiary/aromatic N) is 3.